The van der Waals surface area contributed by atoms with E-state index in [2.05, 4.69) is 38.6 Å². The molecule has 9 heteroatoms. The number of hydrogen-bond donors (Lipinski definition) is 2. The van der Waals surface area contributed by atoms with Crippen LogP contribution in [0.3, 0.4) is 0 Å². The van der Waals surface area contributed by atoms with Gasteiger partial charge in [0.15, 0.2) is 16.7 Å². The number of benzene rings is 1. The topological polar surface area (TPSA) is 75.3 Å². The third-order valence-corrected chi connectivity index (χ3v) is 6.37. The van der Waals surface area contributed by atoms with Crippen molar-refractivity contribution in [2.45, 2.75) is 26.4 Å². The zero-order chi connectivity index (χ0) is 19.3. The highest BCUT2D eigenvalue weighted by atomic mass is 127. The number of guanidine groups is 1. The van der Waals surface area contributed by atoms with Crippen LogP contribution < -0.4 is 10.6 Å². The first kappa shape index (κ1) is 21.7. The van der Waals surface area contributed by atoms with Crippen molar-refractivity contribution in [2.75, 3.05) is 7.05 Å². The highest BCUT2D eigenvalue weighted by molar-refractivity contribution is 14.0. The van der Waals surface area contributed by atoms with Gasteiger partial charge in [-0.3, -0.25) is 4.99 Å². The van der Waals surface area contributed by atoms with Gasteiger partial charge in [0.25, 0.3) is 0 Å². The van der Waals surface area contributed by atoms with Gasteiger partial charge in [0.2, 0.25) is 0 Å². The molecule has 0 saturated heterocycles. The summed E-state index contributed by atoms with van der Waals surface area (Å²) in [7, 11) is 1.75. The Morgan fingerprint density at radius 2 is 1.93 bits per heavy atom. The quantitative estimate of drug-likeness (QED) is 0.204. The molecule has 29 heavy (non-hydrogen) atoms. The summed E-state index contributed by atoms with van der Waals surface area (Å²) in [6, 6.07) is 12.0. The minimum Gasteiger partial charge on any atom is -0.457 e. The molecule has 1 aromatic carbocycles. The second-order valence-electron chi connectivity index (χ2n) is 6.11. The van der Waals surface area contributed by atoms with E-state index in [0.717, 1.165) is 38.2 Å². The first-order valence-electron chi connectivity index (χ1n) is 9.08. The largest absolute Gasteiger partial charge is 0.457 e. The molecule has 6 nitrogen and oxygen atoms in total. The Morgan fingerprint density at radius 3 is 2.69 bits per heavy atom. The molecule has 4 rings (SSSR count). The predicted molar refractivity (Wildman–Crippen MR) is 131 cm³/mol. The molecule has 0 aliphatic carbocycles. The summed E-state index contributed by atoms with van der Waals surface area (Å²) < 4.78 is 7.13. The number of nitrogens with zero attached hydrogens (tertiary/aromatic N) is 3. The molecule has 4 aromatic rings. The van der Waals surface area contributed by atoms with E-state index in [1.807, 2.05) is 36.5 Å². The van der Waals surface area contributed by atoms with Crippen LogP contribution in [0.1, 0.15) is 22.6 Å². The van der Waals surface area contributed by atoms with E-state index in [4.69, 9.17) is 4.42 Å². The lowest BCUT2D eigenvalue weighted by Crippen LogP contribution is -2.36. The molecule has 0 unspecified atom stereocenters. The lowest BCUT2D eigenvalue weighted by molar-refractivity contribution is 0.513. The molecule has 0 amide bonds. The fourth-order valence-corrected chi connectivity index (χ4v) is 4.44. The molecule has 0 aliphatic rings. The summed E-state index contributed by atoms with van der Waals surface area (Å²) >= 11 is 3.36. The average Bonchev–Trinajstić information content (AvgIpc) is 3.46. The Labute approximate surface area is 194 Å². The molecule has 0 bridgehead atoms. The zero-order valence-corrected chi connectivity index (χ0v) is 20.1. The Morgan fingerprint density at radius 1 is 1.10 bits per heavy atom. The van der Waals surface area contributed by atoms with Crippen LogP contribution in [-0.4, -0.2) is 23.0 Å². The average molecular weight is 539 g/mol. The van der Waals surface area contributed by atoms with Crippen molar-refractivity contribution in [3.05, 3.63) is 58.2 Å². The summed E-state index contributed by atoms with van der Waals surface area (Å²) in [5.41, 5.74) is 0.997. The van der Waals surface area contributed by atoms with Gasteiger partial charge >= 0.3 is 0 Å². The van der Waals surface area contributed by atoms with Crippen molar-refractivity contribution in [2.24, 2.45) is 4.99 Å². The SMILES string of the molecule is CCc1cnc(CNC(=NC)NCc2ccc(-c3nc4ccccc4s3)o2)s1.I. The van der Waals surface area contributed by atoms with E-state index in [-0.39, 0.29) is 24.0 Å². The van der Waals surface area contributed by atoms with Crippen LogP contribution in [-0.2, 0) is 19.5 Å². The second-order valence-corrected chi connectivity index (χ2v) is 8.34. The number of para-hydroxylation sites is 1. The Hall–Kier alpha value is -1.98. The van der Waals surface area contributed by atoms with Gasteiger partial charge in [-0.05, 0) is 30.7 Å². The van der Waals surface area contributed by atoms with Crippen LogP contribution in [0.2, 0.25) is 0 Å². The van der Waals surface area contributed by atoms with E-state index < -0.39 is 0 Å². The minimum absolute atomic E-state index is 0. The van der Waals surface area contributed by atoms with Crippen molar-refractivity contribution in [1.82, 2.24) is 20.6 Å². The first-order valence-corrected chi connectivity index (χ1v) is 10.7. The molecule has 0 atom stereocenters. The van der Waals surface area contributed by atoms with Crippen LogP contribution in [0.25, 0.3) is 21.0 Å². The number of rotatable bonds is 6. The maximum absolute atomic E-state index is 5.97. The predicted octanol–water partition coefficient (Wildman–Crippen LogP) is 5.06. The van der Waals surface area contributed by atoms with Crippen LogP contribution in [0, 0.1) is 0 Å². The lowest BCUT2D eigenvalue weighted by atomic mass is 10.3. The molecule has 2 N–H and O–H groups in total. The third kappa shape index (κ3) is 5.34. The number of nitrogens with one attached hydrogen (secondary N) is 2. The van der Waals surface area contributed by atoms with Crippen molar-refractivity contribution < 1.29 is 4.42 Å². The van der Waals surface area contributed by atoms with Gasteiger partial charge < -0.3 is 15.1 Å². The molecule has 0 aliphatic heterocycles. The van der Waals surface area contributed by atoms with E-state index in [1.54, 1.807) is 29.7 Å². The smallest absolute Gasteiger partial charge is 0.191 e. The fraction of sp³-hybridized carbons (Fsp3) is 0.250. The van der Waals surface area contributed by atoms with Gasteiger partial charge in [-0.2, -0.15) is 0 Å². The highest BCUT2D eigenvalue weighted by Gasteiger charge is 2.11. The fourth-order valence-electron chi connectivity index (χ4n) is 2.71. The minimum atomic E-state index is 0. The van der Waals surface area contributed by atoms with Gasteiger partial charge in [0.1, 0.15) is 10.8 Å². The van der Waals surface area contributed by atoms with E-state index in [1.165, 1.54) is 4.88 Å². The van der Waals surface area contributed by atoms with Crippen LogP contribution in [0.15, 0.2) is 52.0 Å². The summed E-state index contributed by atoms with van der Waals surface area (Å²) in [5.74, 6) is 2.33. The number of thiazole rings is 2. The number of aryl methyl sites for hydroxylation is 1. The van der Waals surface area contributed by atoms with E-state index >= 15 is 0 Å². The second kappa shape index (κ2) is 10.2. The zero-order valence-electron chi connectivity index (χ0n) is 16.1. The van der Waals surface area contributed by atoms with Crippen LogP contribution in [0.5, 0.6) is 0 Å². The Bertz CT molecular complexity index is 1070. The molecule has 0 spiro atoms. The van der Waals surface area contributed by atoms with E-state index in [0.29, 0.717) is 19.0 Å². The number of aliphatic imine (C=N–C) groups is 1. The van der Waals surface area contributed by atoms with Crippen molar-refractivity contribution in [1.29, 1.82) is 0 Å². The summed E-state index contributed by atoms with van der Waals surface area (Å²) in [4.78, 5) is 14.6. The number of fused-ring (bicyclic) bond motifs is 1. The van der Waals surface area contributed by atoms with Crippen LogP contribution >= 0.6 is 46.7 Å². The molecule has 3 heterocycles. The van der Waals surface area contributed by atoms with Gasteiger partial charge in [-0.1, -0.05) is 19.1 Å². The Kier molecular flexibility index (Phi) is 7.62. The number of hydrogen-bond acceptors (Lipinski definition) is 6. The van der Waals surface area contributed by atoms with Crippen LogP contribution in [0.4, 0.5) is 0 Å². The molecular weight excluding hydrogens is 517 g/mol. The van der Waals surface area contributed by atoms with E-state index in [9.17, 15) is 0 Å². The summed E-state index contributed by atoms with van der Waals surface area (Å²) in [6.07, 6.45) is 2.95. The van der Waals surface area contributed by atoms with Crippen molar-refractivity contribution in [3.63, 3.8) is 0 Å². The third-order valence-electron chi connectivity index (χ3n) is 4.18. The van der Waals surface area contributed by atoms with Gasteiger partial charge in [-0.25, -0.2) is 9.97 Å². The lowest BCUT2D eigenvalue weighted by Gasteiger charge is -2.09. The maximum atomic E-state index is 5.97. The number of halogens is 1. The highest BCUT2D eigenvalue weighted by Crippen LogP contribution is 2.31. The normalized spacial score (nSPS) is 11.4. The summed E-state index contributed by atoms with van der Waals surface area (Å²) in [5, 5.41) is 8.50. The maximum Gasteiger partial charge on any atom is 0.191 e. The standard InChI is InChI=1S/C20H21N5OS2.HI/c1-3-14-11-22-18(27-14)12-24-20(21-2)23-10-13-8-9-16(26-13)19-25-15-6-4-5-7-17(15)28-19;/h4-9,11H,3,10,12H2,1-2H3,(H2,21,23,24);1H. The molecule has 0 fully saturated rings. The van der Waals surface area contributed by atoms with Gasteiger partial charge in [0.05, 0.1) is 23.3 Å². The molecule has 0 radical (unpaired) electrons. The van der Waals surface area contributed by atoms with Gasteiger partial charge in [-0.15, -0.1) is 46.7 Å². The van der Waals surface area contributed by atoms with Gasteiger partial charge in [0, 0.05) is 18.1 Å². The first-order chi connectivity index (χ1) is 13.7. The number of furan rings is 1. The Balaban J connectivity index is 0.00000240. The monoisotopic (exact) mass is 539 g/mol. The molecule has 152 valence electrons. The molecular formula is C20H22IN5OS2. The molecule has 3 aromatic heterocycles. The van der Waals surface area contributed by atoms with Crippen molar-refractivity contribution >= 4 is 62.8 Å². The van der Waals surface area contributed by atoms with Crippen molar-refractivity contribution in [3.8, 4) is 10.8 Å². The number of aromatic nitrogens is 2. The molecule has 0 saturated carbocycles. The summed E-state index contributed by atoms with van der Waals surface area (Å²) in [6.45, 7) is 3.33.